The maximum Gasteiger partial charge on any atom is 0.231 e. The van der Waals surface area contributed by atoms with Crippen LogP contribution in [0.25, 0.3) is 0 Å². The van der Waals surface area contributed by atoms with Gasteiger partial charge in [0.2, 0.25) is 6.79 Å². The Morgan fingerprint density at radius 3 is 2.93 bits per heavy atom. The molecule has 2 rings (SSSR count). The van der Waals surface area contributed by atoms with Gasteiger partial charge in [0.15, 0.2) is 17.3 Å². The largest absolute Gasteiger partial charge is 0.454 e. The van der Waals surface area contributed by atoms with E-state index < -0.39 is 0 Å². The molecule has 2 N–H and O–H groups in total. The van der Waals surface area contributed by atoms with Crippen LogP contribution in [0.5, 0.6) is 11.5 Å². The van der Waals surface area contributed by atoms with Crippen LogP contribution in [0.4, 0.5) is 0 Å². The number of Topliss-reactive ketones (excluding diaryl/α,β-unsaturated/α-hetero) is 1. The number of carbonyl (C=O) groups is 1. The minimum absolute atomic E-state index is 0.0131. The molecule has 1 aromatic carbocycles. The lowest BCUT2D eigenvalue weighted by molar-refractivity contribution is 0.101. The van der Waals surface area contributed by atoms with Crippen LogP contribution in [0.15, 0.2) is 12.1 Å². The molecular weight excluding hydrogens is 194 g/mol. The first-order chi connectivity index (χ1) is 7.24. The van der Waals surface area contributed by atoms with Crippen molar-refractivity contribution in [2.75, 3.05) is 13.3 Å². The predicted molar refractivity (Wildman–Crippen MR) is 55.3 cm³/mol. The molecule has 4 nitrogen and oxygen atoms in total. The van der Waals surface area contributed by atoms with Gasteiger partial charge in [-0.15, -0.1) is 0 Å². The van der Waals surface area contributed by atoms with Crippen molar-refractivity contribution in [2.24, 2.45) is 5.73 Å². The molecule has 80 valence electrons. The van der Waals surface area contributed by atoms with Crippen LogP contribution in [-0.4, -0.2) is 19.1 Å². The van der Waals surface area contributed by atoms with E-state index in [9.17, 15) is 4.79 Å². The Hall–Kier alpha value is -1.55. The number of hydrogen-bond acceptors (Lipinski definition) is 4. The maximum atomic E-state index is 11.5. The molecule has 0 fully saturated rings. The summed E-state index contributed by atoms with van der Waals surface area (Å²) in [5.41, 5.74) is 7.02. The molecule has 0 saturated heterocycles. The van der Waals surface area contributed by atoms with Crippen LogP contribution < -0.4 is 15.2 Å². The zero-order chi connectivity index (χ0) is 10.8. The fraction of sp³-hybridized carbons (Fsp3) is 0.364. The average molecular weight is 207 g/mol. The third kappa shape index (κ3) is 1.68. The molecule has 0 unspecified atom stereocenters. The van der Waals surface area contributed by atoms with Crippen molar-refractivity contribution >= 4 is 5.78 Å². The number of nitrogens with two attached hydrogens (primary N) is 1. The van der Waals surface area contributed by atoms with Crippen molar-refractivity contribution in [1.82, 2.24) is 0 Å². The molecule has 1 aliphatic rings. The molecule has 0 amide bonds. The summed E-state index contributed by atoms with van der Waals surface area (Å²) in [5, 5.41) is 0. The van der Waals surface area contributed by atoms with Crippen LogP contribution in [0.2, 0.25) is 0 Å². The fourth-order valence-electron chi connectivity index (χ4n) is 1.76. The van der Waals surface area contributed by atoms with Crippen molar-refractivity contribution in [2.45, 2.75) is 13.3 Å². The zero-order valence-electron chi connectivity index (χ0n) is 8.58. The van der Waals surface area contributed by atoms with Crippen molar-refractivity contribution in [1.29, 1.82) is 0 Å². The number of carbonyl (C=O) groups excluding carboxylic acids is 1. The second kappa shape index (κ2) is 3.90. The standard InChI is InChI=1S/C11H13NO3/c1-7(13)10-8(4-5-12)2-3-9-11(10)15-6-14-9/h2-3H,4-6,12H2,1H3. The monoisotopic (exact) mass is 207 g/mol. The number of ketones is 1. The molecule has 0 atom stereocenters. The number of hydrogen-bond donors (Lipinski definition) is 1. The van der Waals surface area contributed by atoms with E-state index in [2.05, 4.69) is 0 Å². The highest BCUT2D eigenvalue weighted by Gasteiger charge is 2.22. The van der Waals surface area contributed by atoms with Crippen molar-refractivity contribution in [3.63, 3.8) is 0 Å². The first-order valence-electron chi connectivity index (χ1n) is 4.86. The Morgan fingerprint density at radius 1 is 1.47 bits per heavy atom. The van der Waals surface area contributed by atoms with Crippen LogP contribution in [0, 0.1) is 0 Å². The number of benzene rings is 1. The van der Waals surface area contributed by atoms with Gasteiger partial charge in [0.05, 0.1) is 5.56 Å². The van der Waals surface area contributed by atoms with Gasteiger partial charge in [0, 0.05) is 0 Å². The van der Waals surface area contributed by atoms with E-state index in [-0.39, 0.29) is 12.6 Å². The van der Waals surface area contributed by atoms with Crippen LogP contribution in [-0.2, 0) is 6.42 Å². The highest BCUT2D eigenvalue weighted by Crippen LogP contribution is 2.37. The fourth-order valence-corrected chi connectivity index (χ4v) is 1.76. The zero-order valence-corrected chi connectivity index (χ0v) is 8.58. The first-order valence-corrected chi connectivity index (χ1v) is 4.86. The first kappa shape index (κ1) is 9.98. The lowest BCUT2D eigenvalue weighted by Crippen LogP contribution is -2.08. The lowest BCUT2D eigenvalue weighted by atomic mass is 10.00. The summed E-state index contributed by atoms with van der Waals surface area (Å²) in [4.78, 5) is 11.5. The van der Waals surface area contributed by atoms with Gasteiger partial charge in [-0.3, -0.25) is 4.79 Å². The van der Waals surface area contributed by atoms with Crippen LogP contribution >= 0.6 is 0 Å². The number of rotatable bonds is 3. The summed E-state index contributed by atoms with van der Waals surface area (Å²) in [5.74, 6) is 1.19. The topological polar surface area (TPSA) is 61.6 Å². The predicted octanol–water partition coefficient (Wildman–Crippen LogP) is 1.12. The summed E-state index contributed by atoms with van der Waals surface area (Å²) >= 11 is 0. The molecule has 1 heterocycles. The molecule has 0 aromatic heterocycles. The molecule has 15 heavy (non-hydrogen) atoms. The number of ether oxygens (including phenoxy) is 2. The van der Waals surface area contributed by atoms with Gasteiger partial charge in [-0.2, -0.15) is 0 Å². The van der Waals surface area contributed by atoms with E-state index in [0.717, 1.165) is 5.56 Å². The second-order valence-corrected chi connectivity index (χ2v) is 3.43. The minimum Gasteiger partial charge on any atom is -0.454 e. The Kier molecular flexibility index (Phi) is 2.60. The highest BCUT2D eigenvalue weighted by molar-refractivity contribution is 5.99. The van der Waals surface area contributed by atoms with E-state index in [1.54, 1.807) is 0 Å². The second-order valence-electron chi connectivity index (χ2n) is 3.43. The summed E-state index contributed by atoms with van der Waals surface area (Å²) in [6.07, 6.45) is 0.672. The summed E-state index contributed by atoms with van der Waals surface area (Å²) in [6.45, 7) is 2.22. The van der Waals surface area contributed by atoms with Crippen LogP contribution in [0.1, 0.15) is 22.8 Å². The van der Waals surface area contributed by atoms with Gasteiger partial charge in [0.1, 0.15) is 0 Å². The molecule has 0 radical (unpaired) electrons. The van der Waals surface area contributed by atoms with Gasteiger partial charge in [0.25, 0.3) is 0 Å². The SMILES string of the molecule is CC(=O)c1c(CCN)ccc2c1OCO2. The van der Waals surface area contributed by atoms with E-state index in [0.29, 0.717) is 30.0 Å². The normalized spacial score (nSPS) is 12.9. The lowest BCUT2D eigenvalue weighted by Gasteiger charge is -2.08. The van der Waals surface area contributed by atoms with Crippen molar-refractivity contribution in [3.8, 4) is 11.5 Å². The summed E-state index contributed by atoms with van der Waals surface area (Å²) in [6, 6.07) is 3.69. The highest BCUT2D eigenvalue weighted by atomic mass is 16.7. The molecule has 0 aliphatic carbocycles. The average Bonchev–Trinajstić information content (AvgIpc) is 2.64. The molecule has 0 bridgehead atoms. The smallest absolute Gasteiger partial charge is 0.231 e. The van der Waals surface area contributed by atoms with E-state index >= 15 is 0 Å². The minimum atomic E-state index is -0.0131. The third-order valence-electron chi connectivity index (χ3n) is 2.39. The van der Waals surface area contributed by atoms with E-state index in [4.69, 9.17) is 15.2 Å². The Bertz CT molecular complexity index is 401. The van der Waals surface area contributed by atoms with E-state index in [1.807, 2.05) is 12.1 Å². The Morgan fingerprint density at radius 2 is 2.27 bits per heavy atom. The van der Waals surface area contributed by atoms with E-state index in [1.165, 1.54) is 6.92 Å². The van der Waals surface area contributed by atoms with Gasteiger partial charge in [-0.05, 0) is 31.5 Å². The summed E-state index contributed by atoms with van der Waals surface area (Å²) in [7, 11) is 0. The Labute approximate surface area is 88.0 Å². The molecule has 1 aromatic rings. The van der Waals surface area contributed by atoms with Crippen LogP contribution in [0.3, 0.4) is 0 Å². The quantitative estimate of drug-likeness (QED) is 0.754. The maximum absolute atomic E-state index is 11.5. The molecule has 4 heteroatoms. The molecular formula is C11H13NO3. The van der Waals surface area contributed by atoms with Gasteiger partial charge in [-0.1, -0.05) is 6.07 Å². The van der Waals surface area contributed by atoms with Crippen molar-refractivity contribution < 1.29 is 14.3 Å². The van der Waals surface area contributed by atoms with Crippen molar-refractivity contribution in [3.05, 3.63) is 23.3 Å². The molecule has 0 spiro atoms. The molecule has 0 saturated carbocycles. The van der Waals surface area contributed by atoms with Gasteiger partial charge >= 0.3 is 0 Å². The Balaban J connectivity index is 2.53. The summed E-state index contributed by atoms with van der Waals surface area (Å²) < 4.78 is 10.5. The third-order valence-corrected chi connectivity index (χ3v) is 2.39. The van der Waals surface area contributed by atoms with Gasteiger partial charge < -0.3 is 15.2 Å². The van der Waals surface area contributed by atoms with Gasteiger partial charge in [-0.25, -0.2) is 0 Å². The molecule has 1 aliphatic heterocycles. The number of fused-ring (bicyclic) bond motifs is 1.